The second kappa shape index (κ2) is 5.11. The zero-order valence-corrected chi connectivity index (χ0v) is 10.1. The van der Waals surface area contributed by atoms with Gasteiger partial charge >= 0.3 is 0 Å². The van der Waals surface area contributed by atoms with Crippen LogP contribution in [0.2, 0.25) is 0 Å². The van der Waals surface area contributed by atoms with Crippen molar-refractivity contribution >= 4 is 5.78 Å². The van der Waals surface area contributed by atoms with Crippen molar-refractivity contribution in [2.24, 2.45) is 0 Å². The van der Waals surface area contributed by atoms with Crippen molar-refractivity contribution in [2.75, 3.05) is 0 Å². The molecule has 0 atom stereocenters. The maximum absolute atomic E-state index is 11.5. The van der Waals surface area contributed by atoms with Gasteiger partial charge in [0.1, 0.15) is 0 Å². The van der Waals surface area contributed by atoms with E-state index in [1.807, 2.05) is 12.1 Å². The first kappa shape index (κ1) is 12.0. The average molecular weight is 204 g/mol. The second-order valence-electron chi connectivity index (χ2n) is 4.33. The van der Waals surface area contributed by atoms with Gasteiger partial charge in [0, 0.05) is 5.56 Å². The fraction of sp³-hybridized carbons (Fsp3) is 0.500. The average Bonchev–Trinajstić information content (AvgIpc) is 2.17. The Bertz CT molecular complexity index is 350. The van der Waals surface area contributed by atoms with E-state index in [2.05, 4.69) is 26.8 Å². The van der Waals surface area contributed by atoms with E-state index in [9.17, 15) is 4.79 Å². The largest absolute Gasteiger partial charge is 0.295 e. The van der Waals surface area contributed by atoms with E-state index in [0.29, 0.717) is 5.92 Å². The minimum Gasteiger partial charge on any atom is -0.295 e. The van der Waals surface area contributed by atoms with E-state index in [1.54, 1.807) is 6.92 Å². The molecule has 0 aliphatic heterocycles. The van der Waals surface area contributed by atoms with Crippen LogP contribution in [0.15, 0.2) is 18.2 Å². The molecule has 0 saturated carbocycles. The first-order valence-corrected chi connectivity index (χ1v) is 5.70. The summed E-state index contributed by atoms with van der Waals surface area (Å²) in [4.78, 5) is 11.5. The van der Waals surface area contributed by atoms with Crippen molar-refractivity contribution in [1.29, 1.82) is 0 Å². The quantitative estimate of drug-likeness (QED) is 0.678. The Morgan fingerprint density at radius 1 is 1.33 bits per heavy atom. The van der Waals surface area contributed by atoms with E-state index < -0.39 is 0 Å². The van der Waals surface area contributed by atoms with E-state index in [0.717, 1.165) is 18.4 Å². The monoisotopic (exact) mass is 204 g/mol. The van der Waals surface area contributed by atoms with Crippen molar-refractivity contribution in [3.8, 4) is 0 Å². The van der Waals surface area contributed by atoms with Gasteiger partial charge in [0.25, 0.3) is 0 Å². The topological polar surface area (TPSA) is 17.1 Å². The summed E-state index contributed by atoms with van der Waals surface area (Å²) in [6.45, 7) is 8.16. The molecule has 1 aromatic rings. The zero-order chi connectivity index (χ0) is 11.4. The number of benzene rings is 1. The molecule has 0 unspecified atom stereocenters. The van der Waals surface area contributed by atoms with E-state index in [4.69, 9.17) is 0 Å². The fourth-order valence-corrected chi connectivity index (χ4v) is 2.00. The molecule has 82 valence electrons. The summed E-state index contributed by atoms with van der Waals surface area (Å²) in [7, 11) is 0. The molecule has 0 aromatic heterocycles. The van der Waals surface area contributed by atoms with E-state index >= 15 is 0 Å². The van der Waals surface area contributed by atoms with Gasteiger partial charge in [-0.2, -0.15) is 0 Å². The lowest BCUT2D eigenvalue weighted by atomic mass is 9.89. The Balaban J connectivity index is 3.28. The van der Waals surface area contributed by atoms with Crippen LogP contribution < -0.4 is 0 Å². The van der Waals surface area contributed by atoms with Crippen LogP contribution in [0.5, 0.6) is 0 Å². The number of ketones is 1. The minimum absolute atomic E-state index is 0.181. The highest BCUT2D eigenvalue weighted by atomic mass is 16.1. The number of Topliss-reactive ketones (excluding diaryl/α,β-unsaturated/α-hetero) is 1. The summed E-state index contributed by atoms with van der Waals surface area (Å²) >= 11 is 0. The SMILES string of the molecule is CCCc1c(C(C)=O)cccc1C(C)C. The number of carbonyl (C=O) groups excluding carboxylic acids is 1. The standard InChI is InChI=1S/C14H20O/c1-5-7-14-12(10(2)3)8-6-9-13(14)11(4)15/h6,8-10H,5,7H2,1-4H3. The molecule has 0 aliphatic rings. The molecule has 1 heteroatoms. The number of hydrogen-bond acceptors (Lipinski definition) is 1. The number of carbonyl (C=O) groups is 1. The second-order valence-corrected chi connectivity index (χ2v) is 4.33. The Kier molecular flexibility index (Phi) is 4.07. The van der Waals surface area contributed by atoms with Crippen molar-refractivity contribution in [1.82, 2.24) is 0 Å². The van der Waals surface area contributed by atoms with Crippen LogP contribution in [0.1, 0.15) is 61.5 Å². The summed E-state index contributed by atoms with van der Waals surface area (Å²) < 4.78 is 0. The molecule has 1 nitrogen and oxygen atoms in total. The van der Waals surface area contributed by atoms with Gasteiger partial charge in [-0.25, -0.2) is 0 Å². The van der Waals surface area contributed by atoms with Gasteiger partial charge in [-0.1, -0.05) is 45.4 Å². The summed E-state index contributed by atoms with van der Waals surface area (Å²) in [6, 6.07) is 6.08. The first-order chi connectivity index (χ1) is 7.07. The molecule has 1 rings (SSSR count). The number of hydrogen-bond donors (Lipinski definition) is 0. The van der Waals surface area contributed by atoms with Crippen LogP contribution in [-0.2, 0) is 6.42 Å². The highest BCUT2D eigenvalue weighted by molar-refractivity contribution is 5.95. The highest BCUT2D eigenvalue weighted by Crippen LogP contribution is 2.24. The molecule has 15 heavy (non-hydrogen) atoms. The minimum atomic E-state index is 0.181. The lowest BCUT2D eigenvalue weighted by molar-refractivity contribution is 0.101. The van der Waals surface area contributed by atoms with Crippen molar-refractivity contribution in [2.45, 2.75) is 46.5 Å². The molecule has 0 N–H and O–H groups in total. The molecule has 0 amide bonds. The molecule has 0 bridgehead atoms. The van der Waals surface area contributed by atoms with Crippen molar-refractivity contribution < 1.29 is 4.79 Å². The summed E-state index contributed by atoms with van der Waals surface area (Å²) in [5, 5.41) is 0. The van der Waals surface area contributed by atoms with Gasteiger partial charge in [-0.05, 0) is 30.4 Å². The summed E-state index contributed by atoms with van der Waals surface area (Å²) in [6.07, 6.45) is 2.09. The van der Waals surface area contributed by atoms with Gasteiger partial charge in [-0.3, -0.25) is 4.79 Å². The van der Waals surface area contributed by atoms with Gasteiger partial charge < -0.3 is 0 Å². The normalized spacial score (nSPS) is 10.7. The Labute approximate surface area is 92.5 Å². The fourth-order valence-electron chi connectivity index (χ4n) is 2.00. The van der Waals surface area contributed by atoms with Crippen LogP contribution in [0.3, 0.4) is 0 Å². The van der Waals surface area contributed by atoms with E-state index in [-0.39, 0.29) is 5.78 Å². The highest BCUT2D eigenvalue weighted by Gasteiger charge is 2.12. The van der Waals surface area contributed by atoms with Crippen molar-refractivity contribution in [3.63, 3.8) is 0 Å². The van der Waals surface area contributed by atoms with Crippen LogP contribution in [0, 0.1) is 0 Å². The summed E-state index contributed by atoms with van der Waals surface area (Å²) in [5.74, 6) is 0.673. The predicted octanol–water partition coefficient (Wildman–Crippen LogP) is 3.97. The van der Waals surface area contributed by atoms with Crippen LogP contribution in [-0.4, -0.2) is 5.78 Å². The molecule has 0 heterocycles. The number of rotatable bonds is 4. The van der Waals surface area contributed by atoms with Crippen LogP contribution in [0.4, 0.5) is 0 Å². The lowest BCUT2D eigenvalue weighted by Crippen LogP contribution is -2.05. The Morgan fingerprint density at radius 2 is 2.00 bits per heavy atom. The van der Waals surface area contributed by atoms with Crippen LogP contribution >= 0.6 is 0 Å². The third-order valence-corrected chi connectivity index (χ3v) is 2.71. The molecule has 0 fully saturated rings. The molecular weight excluding hydrogens is 184 g/mol. The smallest absolute Gasteiger partial charge is 0.160 e. The molecule has 0 saturated heterocycles. The predicted molar refractivity (Wildman–Crippen MR) is 64.5 cm³/mol. The maximum Gasteiger partial charge on any atom is 0.160 e. The molecule has 0 radical (unpaired) electrons. The van der Waals surface area contributed by atoms with Gasteiger partial charge in [-0.15, -0.1) is 0 Å². The Hall–Kier alpha value is -1.11. The molecule has 0 aliphatic carbocycles. The van der Waals surface area contributed by atoms with Crippen LogP contribution in [0.25, 0.3) is 0 Å². The van der Waals surface area contributed by atoms with Crippen molar-refractivity contribution in [3.05, 3.63) is 34.9 Å². The van der Waals surface area contributed by atoms with Gasteiger partial charge in [0.05, 0.1) is 0 Å². The molecular formula is C14H20O. The first-order valence-electron chi connectivity index (χ1n) is 5.70. The van der Waals surface area contributed by atoms with Gasteiger partial charge in [0.15, 0.2) is 5.78 Å². The summed E-state index contributed by atoms with van der Waals surface area (Å²) in [5.41, 5.74) is 3.48. The lowest BCUT2D eigenvalue weighted by Gasteiger charge is -2.15. The zero-order valence-electron chi connectivity index (χ0n) is 10.1. The molecule has 1 aromatic carbocycles. The molecule has 0 spiro atoms. The Morgan fingerprint density at radius 3 is 2.47 bits per heavy atom. The van der Waals surface area contributed by atoms with E-state index in [1.165, 1.54) is 11.1 Å². The van der Waals surface area contributed by atoms with Gasteiger partial charge in [0.2, 0.25) is 0 Å². The third kappa shape index (κ3) is 2.68. The third-order valence-electron chi connectivity index (χ3n) is 2.71. The maximum atomic E-state index is 11.5.